The highest BCUT2D eigenvalue weighted by molar-refractivity contribution is 7.71. The smallest absolute Gasteiger partial charge is 0.180 e. The van der Waals surface area contributed by atoms with Crippen molar-refractivity contribution in [1.82, 2.24) is 9.97 Å². The molecule has 0 aliphatic heterocycles. The van der Waals surface area contributed by atoms with E-state index in [9.17, 15) is 13.9 Å². The number of nitrogen functional groups attached to an aromatic ring is 1. The van der Waals surface area contributed by atoms with Crippen LogP contribution < -0.4 is 10.5 Å². The molecule has 0 aliphatic carbocycles. The first-order valence-corrected chi connectivity index (χ1v) is 10.8. The molecule has 0 bridgehead atoms. The number of nitrogens with two attached hydrogens (primary N) is 1. The number of ether oxygens (including phenoxy) is 1. The normalized spacial score (nSPS) is 10.7. The summed E-state index contributed by atoms with van der Waals surface area (Å²) in [5.41, 5.74) is 8.81. The Hall–Kier alpha value is -3.63. The predicted octanol–water partition coefficient (Wildman–Crippen LogP) is 6.19. The molecule has 170 valence electrons. The summed E-state index contributed by atoms with van der Waals surface area (Å²) in [5.74, 6) is -1.24. The Labute approximate surface area is 198 Å². The summed E-state index contributed by atoms with van der Waals surface area (Å²) in [6.45, 7) is 1.92. The molecule has 0 spiro atoms. The number of thiazole rings is 1. The third-order valence-corrected chi connectivity index (χ3v) is 5.53. The molecule has 0 atom stereocenters. The van der Waals surface area contributed by atoms with E-state index in [0.717, 1.165) is 23.4 Å². The Morgan fingerprint density at radius 1 is 1.21 bits per heavy atom. The average molecular weight is 487 g/mol. The zero-order valence-electron chi connectivity index (χ0n) is 17.7. The van der Waals surface area contributed by atoms with Crippen molar-refractivity contribution in [2.24, 2.45) is 4.99 Å². The number of aryl methyl sites for hydroxylation is 1. The number of H-pyrrole nitrogens is 1. The zero-order valence-corrected chi connectivity index (χ0v) is 19.3. The number of aliphatic imine (C=N–C) groups is 1. The van der Waals surface area contributed by atoms with Crippen LogP contribution in [-0.2, 0) is 0 Å². The molecule has 10 heteroatoms. The minimum absolute atomic E-state index is 0.0781. The number of halogens is 2. The molecule has 4 N–H and O–H groups in total. The minimum atomic E-state index is -0.880. The van der Waals surface area contributed by atoms with Gasteiger partial charge < -0.3 is 20.6 Å². The number of phenolic OH excluding ortho intramolecular Hbond substituents is 1. The third-order valence-electron chi connectivity index (χ3n) is 4.41. The summed E-state index contributed by atoms with van der Waals surface area (Å²) >= 11 is 6.34. The maximum Gasteiger partial charge on any atom is 0.180 e. The van der Waals surface area contributed by atoms with Crippen molar-refractivity contribution in [2.45, 2.75) is 6.92 Å². The van der Waals surface area contributed by atoms with Gasteiger partial charge in [-0.1, -0.05) is 18.3 Å². The molecule has 2 aromatic carbocycles. The van der Waals surface area contributed by atoms with E-state index >= 15 is 0 Å². The van der Waals surface area contributed by atoms with E-state index < -0.39 is 11.6 Å². The Morgan fingerprint density at radius 3 is 2.64 bits per heavy atom. The van der Waals surface area contributed by atoms with Crippen molar-refractivity contribution in [2.75, 3.05) is 12.8 Å². The third kappa shape index (κ3) is 6.21. The summed E-state index contributed by atoms with van der Waals surface area (Å²) < 4.78 is 31.2. The van der Waals surface area contributed by atoms with Crippen LogP contribution in [0.2, 0.25) is 0 Å². The number of aromatic hydroxyl groups is 1. The number of methoxy groups -OCH3 is 1. The molecule has 0 saturated carbocycles. The van der Waals surface area contributed by atoms with Crippen LogP contribution in [-0.4, -0.2) is 28.4 Å². The van der Waals surface area contributed by atoms with Crippen LogP contribution >= 0.6 is 23.6 Å². The lowest BCUT2D eigenvalue weighted by Gasteiger charge is -2.04. The molecular weight excluding hydrogens is 466 g/mol. The fourth-order valence-electron chi connectivity index (χ4n) is 2.68. The molecule has 0 unspecified atom stereocenters. The van der Waals surface area contributed by atoms with Crippen molar-refractivity contribution in [3.8, 4) is 22.8 Å². The van der Waals surface area contributed by atoms with Gasteiger partial charge in [0, 0.05) is 28.9 Å². The number of phenols is 1. The number of nitrogens with zero attached hydrogens (tertiary/aromatic N) is 2. The standard InChI is InChI=1S/C14H14N2O2S.C9H6F2N2S/c1-9-6-11(8-16-14(9)19)15-7-10-4-3-5-12(18-2)13(10)17;10-6-2-1-5(3-7(6)11)8-4-14-9(12)13-8/h3-8,17H,1-2H3,(H,16,19);1-4H,(H2,12,13). The Balaban J connectivity index is 0.000000194. The number of benzene rings is 2. The zero-order chi connectivity index (χ0) is 24.0. The molecule has 0 aliphatic rings. The van der Waals surface area contributed by atoms with Gasteiger partial charge in [0.1, 0.15) is 4.64 Å². The number of para-hydroxylation sites is 1. The van der Waals surface area contributed by atoms with Gasteiger partial charge in [0.2, 0.25) is 0 Å². The highest BCUT2D eigenvalue weighted by Crippen LogP contribution is 2.28. The number of aromatic amines is 1. The second-order valence-corrected chi connectivity index (χ2v) is 8.02. The number of anilines is 1. The van der Waals surface area contributed by atoms with Crippen molar-refractivity contribution < 1.29 is 18.6 Å². The van der Waals surface area contributed by atoms with Gasteiger partial charge in [-0.3, -0.25) is 4.99 Å². The van der Waals surface area contributed by atoms with Gasteiger partial charge in [0.15, 0.2) is 28.3 Å². The van der Waals surface area contributed by atoms with Gasteiger partial charge in [-0.05, 0) is 48.9 Å². The van der Waals surface area contributed by atoms with Crippen LogP contribution in [0.1, 0.15) is 11.1 Å². The molecule has 0 fully saturated rings. The molecule has 0 amide bonds. The number of pyridine rings is 1. The highest BCUT2D eigenvalue weighted by atomic mass is 32.1. The summed E-state index contributed by atoms with van der Waals surface area (Å²) in [5, 5.41) is 12.0. The van der Waals surface area contributed by atoms with Gasteiger partial charge >= 0.3 is 0 Å². The Kier molecular flexibility index (Phi) is 7.86. The van der Waals surface area contributed by atoms with Gasteiger partial charge in [-0.15, -0.1) is 11.3 Å². The fourth-order valence-corrected chi connectivity index (χ4v) is 3.37. The Bertz CT molecular complexity index is 1350. The molecule has 2 aromatic heterocycles. The monoisotopic (exact) mass is 486 g/mol. The van der Waals surface area contributed by atoms with Crippen molar-refractivity contribution in [3.05, 3.63) is 81.4 Å². The number of rotatable bonds is 4. The highest BCUT2D eigenvalue weighted by Gasteiger charge is 2.07. The van der Waals surface area contributed by atoms with E-state index in [4.69, 9.17) is 22.7 Å². The molecular formula is C23H20F2N4O2S2. The predicted molar refractivity (Wildman–Crippen MR) is 130 cm³/mol. The van der Waals surface area contributed by atoms with Crippen LogP contribution in [0, 0.1) is 23.2 Å². The molecule has 0 saturated heterocycles. The maximum atomic E-state index is 12.8. The van der Waals surface area contributed by atoms with Crippen molar-refractivity contribution >= 4 is 40.6 Å². The first-order valence-electron chi connectivity index (χ1n) is 9.54. The second-order valence-electron chi connectivity index (χ2n) is 6.73. The lowest BCUT2D eigenvalue weighted by atomic mass is 10.2. The van der Waals surface area contributed by atoms with E-state index in [0.29, 0.717) is 32.3 Å². The van der Waals surface area contributed by atoms with Crippen molar-refractivity contribution in [1.29, 1.82) is 0 Å². The number of hydrogen-bond donors (Lipinski definition) is 3. The summed E-state index contributed by atoms with van der Waals surface area (Å²) in [7, 11) is 1.51. The quantitative estimate of drug-likeness (QED) is 0.236. The lowest BCUT2D eigenvalue weighted by molar-refractivity contribution is 0.373. The molecule has 4 aromatic rings. The maximum absolute atomic E-state index is 12.8. The largest absolute Gasteiger partial charge is 0.504 e. The summed E-state index contributed by atoms with van der Waals surface area (Å²) in [6.07, 6.45) is 3.31. The Morgan fingerprint density at radius 2 is 2.00 bits per heavy atom. The van der Waals surface area contributed by atoms with E-state index in [1.54, 1.807) is 36.0 Å². The van der Waals surface area contributed by atoms with Crippen LogP contribution in [0.5, 0.6) is 11.5 Å². The van der Waals surface area contributed by atoms with Crippen LogP contribution in [0.25, 0.3) is 11.3 Å². The number of aromatic nitrogens is 2. The topological polar surface area (TPSA) is 96.5 Å². The number of hydrogen-bond acceptors (Lipinski definition) is 7. The second kappa shape index (κ2) is 10.8. The van der Waals surface area contributed by atoms with E-state index in [2.05, 4.69) is 15.0 Å². The SMILES string of the molecule is COc1cccc(C=Nc2c[nH]c(=S)c(C)c2)c1O.Nc1nc(-c2ccc(F)c(F)c2)cs1. The van der Waals surface area contributed by atoms with Gasteiger partial charge in [0.25, 0.3) is 0 Å². The summed E-state index contributed by atoms with van der Waals surface area (Å²) in [6, 6.07) is 10.8. The fraction of sp³-hybridized carbons (Fsp3) is 0.0870. The van der Waals surface area contributed by atoms with E-state index in [-0.39, 0.29) is 5.75 Å². The van der Waals surface area contributed by atoms with Crippen molar-refractivity contribution in [3.63, 3.8) is 0 Å². The lowest BCUT2D eigenvalue weighted by Crippen LogP contribution is -1.88. The van der Waals surface area contributed by atoms with Gasteiger partial charge in [-0.2, -0.15) is 0 Å². The first-order chi connectivity index (χ1) is 15.8. The van der Waals surface area contributed by atoms with E-state index in [1.807, 2.05) is 13.0 Å². The van der Waals surface area contributed by atoms with Crippen LogP contribution in [0.3, 0.4) is 0 Å². The molecule has 4 rings (SSSR count). The summed E-state index contributed by atoms with van der Waals surface area (Å²) in [4.78, 5) is 11.2. The molecule has 2 heterocycles. The minimum Gasteiger partial charge on any atom is -0.504 e. The number of nitrogens with one attached hydrogen (secondary N) is 1. The van der Waals surface area contributed by atoms with E-state index in [1.165, 1.54) is 24.5 Å². The van der Waals surface area contributed by atoms with Crippen LogP contribution in [0.15, 0.2) is 59.0 Å². The first kappa shape index (κ1) is 24.0. The molecule has 6 nitrogen and oxygen atoms in total. The molecule has 33 heavy (non-hydrogen) atoms. The molecule has 0 radical (unpaired) electrons. The van der Waals surface area contributed by atoms with Gasteiger partial charge in [0.05, 0.1) is 18.5 Å². The average Bonchev–Trinajstić information content (AvgIpc) is 3.24. The van der Waals surface area contributed by atoms with Crippen LogP contribution in [0.4, 0.5) is 19.6 Å². The van der Waals surface area contributed by atoms with Gasteiger partial charge in [-0.25, -0.2) is 13.8 Å².